The van der Waals surface area contributed by atoms with E-state index >= 15 is 0 Å². The van der Waals surface area contributed by atoms with Crippen molar-refractivity contribution in [3.05, 3.63) is 36.0 Å². The Balaban J connectivity index is 1.97. The van der Waals surface area contributed by atoms with Gasteiger partial charge < -0.3 is 20.6 Å². The summed E-state index contributed by atoms with van der Waals surface area (Å²) in [6.45, 7) is -0.120. The zero-order chi connectivity index (χ0) is 13.8. The standard InChI is InChI=1S/C13H14N2O4/c14-9(7-19-13(18)12(16)17)5-8-6-15-11-4-2-1-3-10(8)11/h1-4,6,9,15H,5,7,14H2,(H,16,17)/t9-/m0/s1. The molecule has 0 fully saturated rings. The number of hydrogen-bond donors (Lipinski definition) is 3. The fraction of sp³-hybridized carbons (Fsp3) is 0.231. The van der Waals surface area contributed by atoms with E-state index in [0.717, 1.165) is 16.5 Å². The Labute approximate surface area is 109 Å². The lowest BCUT2D eigenvalue weighted by molar-refractivity contribution is -0.164. The highest BCUT2D eigenvalue weighted by molar-refractivity contribution is 6.28. The van der Waals surface area contributed by atoms with Gasteiger partial charge in [-0.2, -0.15) is 0 Å². The number of ether oxygens (including phenoxy) is 1. The van der Waals surface area contributed by atoms with Crippen molar-refractivity contribution in [3.63, 3.8) is 0 Å². The topological polar surface area (TPSA) is 105 Å². The molecule has 4 N–H and O–H groups in total. The van der Waals surface area contributed by atoms with Crippen LogP contribution in [0.3, 0.4) is 0 Å². The summed E-state index contributed by atoms with van der Waals surface area (Å²) in [6, 6.07) is 7.33. The summed E-state index contributed by atoms with van der Waals surface area (Å²) in [5.41, 5.74) is 7.84. The van der Waals surface area contributed by atoms with Crippen LogP contribution in [0.1, 0.15) is 5.56 Å². The van der Waals surface area contributed by atoms with E-state index in [9.17, 15) is 9.59 Å². The minimum absolute atomic E-state index is 0.120. The quantitative estimate of drug-likeness (QED) is 0.554. The Morgan fingerprint density at radius 3 is 2.84 bits per heavy atom. The van der Waals surface area contributed by atoms with E-state index in [1.54, 1.807) is 0 Å². The van der Waals surface area contributed by atoms with Crippen LogP contribution in [-0.4, -0.2) is 34.7 Å². The molecule has 0 unspecified atom stereocenters. The molecule has 2 aromatic rings. The van der Waals surface area contributed by atoms with Crippen molar-refractivity contribution in [2.45, 2.75) is 12.5 Å². The average molecular weight is 262 g/mol. The van der Waals surface area contributed by atoms with Crippen molar-refractivity contribution in [3.8, 4) is 0 Å². The van der Waals surface area contributed by atoms with Gasteiger partial charge in [-0.15, -0.1) is 0 Å². The monoisotopic (exact) mass is 262 g/mol. The van der Waals surface area contributed by atoms with Gasteiger partial charge in [-0.25, -0.2) is 9.59 Å². The summed E-state index contributed by atoms with van der Waals surface area (Å²) in [6.07, 6.45) is 2.35. The number of nitrogens with two attached hydrogens (primary N) is 1. The number of carbonyl (C=O) groups excluding carboxylic acids is 1. The first-order chi connectivity index (χ1) is 9.08. The molecule has 0 saturated carbocycles. The first kappa shape index (κ1) is 13.1. The highest BCUT2D eigenvalue weighted by atomic mass is 16.6. The number of benzene rings is 1. The van der Waals surface area contributed by atoms with Gasteiger partial charge in [0.15, 0.2) is 0 Å². The number of aromatic nitrogens is 1. The predicted octanol–water partition coefficient (Wildman–Crippen LogP) is 0.666. The van der Waals surface area contributed by atoms with Crippen LogP contribution >= 0.6 is 0 Å². The fourth-order valence-corrected chi connectivity index (χ4v) is 1.89. The van der Waals surface area contributed by atoms with Crippen LogP contribution in [0.4, 0.5) is 0 Å². The maximum atomic E-state index is 10.8. The molecular weight excluding hydrogens is 248 g/mol. The second kappa shape index (κ2) is 5.53. The Morgan fingerprint density at radius 2 is 2.11 bits per heavy atom. The smallest absolute Gasteiger partial charge is 0.417 e. The number of H-pyrrole nitrogens is 1. The lowest BCUT2D eigenvalue weighted by Gasteiger charge is -2.10. The highest BCUT2D eigenvalue weighted by Gasteiger charge is 2.15. The van der Waals surface area contributed by atoms with Crippen molar-refractivity contribution >= 4 is 22.8 Å². The number of aliphatic carboxylic acids is 1. The summed E-state index contributed by atoms with van der Waals surface area (Å²) in [7, 11) is 0. The van der Waals surface area contributed by atoms with Gasteiger partial charge >= 0.3 is 11.9 Å². The predicted molar refractivity (Wildman–Crippen MR) is 68.6 cm³/mol. The molecule has 6 nitrogen and oxygen atoms in total. The molecule has 0 bridgehead atoms. The molecule has 0 aliphatic heterocycles. The zero-order valence-electron chi connectivity index (χ0n) is 10.1. The normalized spacial score (nSPS) is 12.3. The average Bonchev–Trinajstić information content (AvgIpc) is 2.79. The molecule has 1 heterocycles. The van der Waals surface area contributed by atoms with E-state index in [0.29, 0.717) is 6.42 Å². The molecule has 0 amide bonds. The van der Waals surface area contributed by atoms with Crippen molar-refractivity contribution < 1.29 is 19.4 Å². The lowest BCUT2D eigenvalue weighted by atomic mass is 10.1. The van der Waals surface area contributed by atoms with Crippen LogP contribution in [0, 0.1) is 0 Å². The largest absolute Gasteiger partial charge is 0.473 e. The molecule has 100 valence electrons. The van der Waals surface area contributed by atoms with Gasteiger partial charge in [0.25, 0.3) is 0 Å². The number of aromatic amines is 1. The number of para-hydroxylation sites is 1. The van der Waals surface area contributed by atoms with E-state index in [2.05, 4.69) is 9.72 Å². The van der Waals surface area contributed by atoms with Crippen molar-refractivity contribution in [1.82, 2.24) is 4.98 Å². The van der Waals surface area contributed by atoms with Crippen molar-refractivity contribution in [1.29, 1.82) is 0 Å². The SMILES string of the molecule is N[C@H](COC(=O)C(=O)O)Cc1c[nH]c2ccccc12. The number of esters is 1. The molecule has 1 atom stereocenters. The second-order valence-corrected chi connectivity index (χ2v) is 4.23. The van der Waals surface area contributed by atoms with Gasteiger partial charge in [-0.1, -0.05) is 18.2 Å². The molecule has 0 spiro atoms. The number of nitrogens with one attached hydrogen (secondary N) is 1. The molecule has 1 aromatic heterocycles. The second-order valence-electron chi connectivity index (χ2n) is 4.23. The van der Waals surface area contributed by atoms with Crippen LogP contribution in [0.25, 0.3) is 10.9 Å². The lowest BCUT2D eigenvalue weighted by Crippen LogP contribution is -2.31. The Bertz CT molecular complexity index is 605. The van der Waals surface area contributed by atoms with E-state index in [4.69, 9.17) is 10.8 Å². The third kappa shape index (κ3) is 3.11. The van der Waals surface area contributed by atoms with Gasteiger partial charge in [-0.3, -0.25) is 0 Å². The van der Waals surface area contributed by atoms with Gasteiger partial charge in [0.1, 0.15) is 6.61 Å². The maximum absolute atomic E-state index is 10.8. The summed E-state index contributed by atoms with van der Waals surface area (Å²) in [5.74, 6) is -2.89. The van der Waals surface area contributed by atoms with E-state index in [1.165, 1.54) is 0 Å². The summed E-state index contributed by atoms with van der Waals surface area (Å²) in [4.78, 5) is 24.2. The van der Waals surface area contributed by atoms with Gasteiger partial charge in [0.2, 0.25) is 0 Å². The first-order valence-corrected chi connectivity index (χ1v) is 5.78. The molecule has 6 heteroatoms. The summed E-state index contributed by atoms with van der Waals surface area (Å²) in [5, 5.41) is 9.43. The van der Waals surface area contributed by atoms with Crippen LogP contribution in [0.15, 0.2) is 30.5 Å². The molecule has 0 aliphatic rings. The minimum atomic E-state index is -1.61. The van der Waals surface area contributed by atoms with E-state index in [1.807, 2.05) is 30.5 Å². The van der Waals surface area contributed by atoms with Gasteiger partial charge in [-0.05, 0) is 18.1 Å². The van der Waals surface area contributed by atoms with E-state index in [-0.39, 0.29) is 6.61 Å². The van der Waals surface area contributed by atoms with Crippen LogP contribution < -0.4 is 5.73 Å². The Kier molecular flexibility index (Phi) is 3.82. The van der Waals surface area contributed by atoms with Gasteiger partial charge in [0.05, 0.1) is 0 Å². The van der Waals surface area contributed by atoms with Crippen LogP contribution in [-0.2, 0) is 20.7 Å². The molecule has 0 aliphatic carbocycles. The van der Waals surface area contributed by atoms with Crippen LogP contribution in [0.2, 0.25) is 0 Å². The number of carboxylic acid groups (broad SMARTS) is 1. The molecule has 19 heavy (non-hydrogen) atoms. The van der Waals surface area contributed by atoms with Crippen LogP contribution in [0.5, 0.6) is 0 Å². The number of hydrogen-bond acceptors (Lipinski definition) is 4. The Hall–Kier alpha value is -2.34. The molecule has 1 aromatic carbocycles. The molecule has 0 saturated heterocycles. The third-order valence-corrected chi connectivity index (χ3v) is 2.76. The van der Waals surface area contributed by atoms with E-state index < -0.39 is 18.0 Å². The number of fused-ring (bicyclic) bond motifs is 1. The van der Waals surface area contributed by atoms with Gasteiger partial charge in [0, 0.05) is 23.1 Å². The number of carbonyl (C=O) groups is 2. The summed E-state index contributed by atoms with van der Waals surface area (Å²) < 4.78 is 4.55. The first-order valence-electron chi connectivity index (χ1n) is 5.78. The number of rotatable bonds is 4. The molecule has 2 rings (SSSR count). The van der Waals surface area contributed by atoms with Crippen molar-refractivity contribution in [2.75, 3.05) is 6.61 Å². The number of carboxylic acids is 1. The Morgan fingerprint density at radius 1 is 1.37 bits per heavy atom. The highest BCUT2D eigenvalue weighted by Crippen LogP contribution is 2.18. The third-order valence-electron chi connectivity index (χ3n) is 2.76. The fourth-order valence-electron chi connectivity index (χ4n) is 1.89. The molecule has 0 radical (unpaired) electrons. The molecular formula is C13H14N2O4. The maximum Gasteiger partial charge on any atom is 0.417 e. The van der Waals surface area contributed by atoms with Crippen molar-refractivity contribution in [2.24, 2.45) is 5.73 Å². The zero-order valence-corrected chi connectivity index (χ0v) is 10.1. The minimum Gasteiger partial charge on any atom is -0.473 e. The summed E-state index contributed by atoms with van der Waals surface area (Å²) >= 11 is 0.